The summed E-state index contributed by atoms with van der Waals surface area (Å²) in [5.41, 5.74) is 0. The summed E-state index contributed by atoms with van der Waals surface area (Å²) in [6, 6.07) is 3.17. The molecule has 0 aliphatic carbocycles. The first-order chi connectivity index (χ1) is 7.64. The second-order valence-electron chi connectivity index (χ2n) is 4.22. The minimum absolute atomic E-state index is 0.0469. The number of halogens is 1. The van der Waals surface area contributed by atoms with Gasteiger partial charge >= 0.3 is 0 Å². The Kier molecular flexibility index (Phi) is 9.69. The zero-order chi connectivity index (χ0) is 12.4. The maximum absolute atomic E-state index is 11.7. The van der Waals surface area contributed by atoms with Gasteiger partial charge in [0.15, 0.2) is 0 Å². The van der Waals surface area contributed by atoms with Gasteiger partial charge in [-0.05, 0) is 35.4 Å². The zero-order valence-electron chi connectivity index (χ0n) is 10.9. The van der Waals surface area contributed by atoms with Gasteiger partial charge in [0, 0.05) is 6.42 Å². The minimum Gasteiger partial charge on any atom is -0.519 e. The van der Waals surface area contributed by atoms with Crippen LogP contribution in [0, 0.1) is 0 Å². The molecular weight excluding hydrogens is 331 g/mol. The van der Waals surface area contributed by atoms with E-state index in [1.807, 2.05) is 0 Å². The van der Waals surface area contributed by atoms with Crippen LogP contribution < -0.4 is 0 Å². The van der Waals surface area contributed by atoms with Crippen LogP contribution in [0.15, 0.2) is 0 Å². The van der Waals surface area contributed by atoms with Crippen molar-refractivity contribution in [2.24, 2.45) is 0 Å². The average molecular weight is 356 g/mol. The summed E-state index contributed by atoms with van der Waals surface area (Å²) in [6.45, 7) is 6.47. The number of carbonyl (C=O) groups excluding carboxylic acids is 1. The van der Waals surface area contributed by atoms with Gasteiger partial charge in [0.1, 0.15) is 0 Å². The molecule has 0 amide bonds. The molecule has 0 heterocycles. The van der Waals surface area contributed by atoms with Crippen LogP contribution in [0.2, 0.25) is 18.1 Å². The number of rotatable bonds is 9. The van der Waals surface area contributed by atoms with Gasteiger partial charge < -0.3 is 4.43 Å². The van der Waals surface area contributed by atoms with Crippen LogP contribution in [-0.2, 0) is 9.22 Å². The zero-order valence-corrected chi connectivity index (χ0v) is 14.0. The molecular formula is C12H25IO2Si. The second kappa shape index (κ2) is 9.45. The molecule has 2 nitrogen and oxygen atoms in total. The molecule has 96 valence electrons. The van der Waals surface area contributed by atoms with Crippen molar-refractivity contribution in [1.82, 2.24) is 0 Å². The highest BCUT2D eigenvalue weighted by molar-refractivity contribution is 14.1. The Morgan fingerprint density at radius 3 is 2.06 bits per heavy atom. The van der Waals surface area contributed by atoms with Gasteiger partial charge in [0.05, 0.1) is 0 Å². The first-order valence-corrected chi connectivity index (χ1v) is 10.5. The third kappa shape index (κ3) is 6.23. The van der Waals surface area contributed by atoms with Crippen LogP contribution in [0.1, 0.15) is 46.5 Å². The molecule has 0 saturated heterocycles. The normalized spacial score (nSPS) is 11.5. The summed E-state index contributed by atoms with van der Waals surface area (Å²) >= 11 is 2.38. The summed E-state index contributed by atoms with van der Waals surface area (Å²) in [5, 5.41) is 0. The molecule has 16 heavy (non-hydrogen) atoms. The van der Waals surface area contributed by atoms with Gasteiger partial charge in [0.25, 0.3) is 14.3 Å². The molecule has 0 aromatic carbocycles. The van der Waals surface area contributed by atoms with E-state index in [0.29, 0.717) is 6.42 Å². The van der Waals surface area contributed by atoms with Crippen LogP contribution in [-0.4, -0.2) is 18.7 Å². The van der Waals surface area contributed by atoms with Crippen molar-refractivity contribution < 1.29 is 9.22 Å². The van der Waals surface area contributed by atoms with Crippen molar-refractivity contribution in [2.45, 2.75) is 64.6 Å². The van der Waals surface area contributed by atoms with Crippen molar-refractivity contribution in [3.63, 3.8) is 0 Å². The highest BCUT2D eigenvalue weighted by Gasteiger charge is 2.32. The van der Waals surface area contributed by atoms with E-state index in [1.54, 1.807) is 0 Å². The van der Waals surface area contributed by atoms with Crippen molar-refractivity contribution >= 4 is 36.9 Å². The molecule has 0 unspecified atom stereocenters. The smallest absolute Gasteiger partial charge is 0.292 e. The highest BCUT2D eigenvalue weighted by Crippen LogP contribution is 2.22. The van der Waals surface area contributed by atoms with E-state index in [2.05, 4.69) is 43.4 Å². The lowest BCUT2D eigenvalue weighted by molar-refractivity contribution is -0.135. The van der Waals surface area contributed by atoms with Crippen molar-refractivity contribution in [2.75, 3.05) is 4.43 Å². The number of unbranched alkanes of at least 4 members (excludes halogenated alkanes) is 2. The molecule has 4 heteroatoms. The van der Waals surface area contributed by atoms with Gasteiger partial charge in [-0.3, -0.25) is 4.79 Å². The van der Waals surface area contributed by atoms with Gasteiger partial charge in [-0.2, -0.15) is 0 Å². The Morgan fingerprint density at radius 2 is 1.62 bits per heavy atom. The Bertz CT molecular complexity index is 185. The van der Waals surface area contributed by atoms with E-state index >= 15 is 0 Å². The van der Waals surface area contributed by atoms with Crippen molar-refractivity contribution in [1.29, 1.82) is 0 Å². The first-order valence-electron chi connectivity index (χ1n) is 6.42. The van der Waals surface area contributed by atoms with E-state index < -0.39 is 8.32 Å². The topological polar surface area (TPSA) is 26.3 Å². The van der Waals surface area contributed by atoms with E-state index in [1.165, 1.54) is 10.8 Å². The summed E-state index contributed by atoms with van der Waals surface area (Å²) in [4.78, 5) is 11.7. The molecule has 0 aromatic heterocycles. The lowest BCUT2D eigenvalue weighted by Crippen LogP contribution is -2.38. The van der Waals surface area contributed by atoms with Crippen LogP contribution >= 0.6 is 22.6 Å². The Morgan fingerprint density at radius 1 is 1.06 bits per heavy atom. The Labute approximate surface area is 115 Å². The van der Waals surface area contributed by atoms with E-state index in [-0.39, 0.29) is 5.97 Å². The van der Waals surface area contributed by atoms with E-state index in [4.69, 9.17) is 4.43 Å². The standard InChI is InChI=1S/C12H25IO2Si/c1-4-16(5-2,6-3)15-12(14)10-8-7-9-11-13/h4-11H2,1-3H3. The molecule has 0 radical (unpaired) electrons. The SMILES string of the molecule is CC[Si](CC)(CC)OC(=O)CCCCCI. The highest BCUT2D eigenvalue weighted by atomic mass is 127. The summed E-state index contributed by atoms with van der Waals surface area (Å²) in [5.74, 6) is 0.0469. The minimum atomic E-state index is -1.70. The van der Waals surface area contributed by atoms with Crippen LogP contribution in [0.5, 0.6) is 0 Å². The maximum atomic E-state index is 11.7. The van der Waals surface area contributed by atoms with Gasteiger partial charge in [-0.15, -0.1) is 0 Å². The monoisotopic (exact) mass is 356 g/mol. The van der Waals surface area contributed by atoms with Crippen LogP contribution in [0.3, 0.4) is 0 Å². The maximum Gasteiger partial charge on any atom is 0.292 e. The van der Waals surface area contributed by atoms with Gasteiger partial charge in [-0.25, -0.2) is 0 Å². The molecule has 0 atom stereocenters. The molecule has 0 bridgehead atoms. The number of hydrogen-bond donors (Lipinski definition) is 0. The van der Waals surface area contributed by atoms with Crippen LogP contribution in [0.25, 0.3) is 0 Å². The number of hydrogen-bond acceptors (Lipinski definition) is 2. The summed E-state index contributed by atoms with van der Waals surface area (Å²) < 4.78 is 6.95. The second-order valence-corrected chi connectivity index (χ2v) is 9.99. The molecule has 0 N–H and O–H groups in total. The number of alkyl halides is 1. The Balaban J connectivity index is 3.91. The predicted octanol–water partition coefficient (Wildman–Crippen LogP) is 4.53. The summed E-state index contributed by atoms with van der Waals surface area (Å²) in [6.07, 6.45) is 3.97. The summed E-state index contributed by atoms with van der Waals surface area (Å²) in [7, 11) is -1.70. The molecule has 0 spiro atoms. The molecule has 0 saturated carbocycles. The lowest BCUT2D eigenvalue weighted by Gasteiger charge is -2.27. The molecule has 0 fully saturated rings. The fourth-order valence-corrected chi connectivity index (χ4v) is 4.86. The largest absolute Gasteiger partial charge is 0.519 e. The van der Waals surface area contributed by atoms with E-state index in [9.17, 15) is 4.79 Å². The molecule has 0 aliphatic heterocycles. The first kappa shape index (κ1) is 16.4. The average Bonchev–Trinajstić information content (AvgIpc) is 2.32. The third-order valence-electron chi connectivity index (χ3n) is 3.28. The fraction of sp³-hybridized carbons (Fsp3) is 0.917. The lowest BCUT2D eigenvalue weighted by atomic mass is 10.2. The Hall–Kier alpha value is 0.417. The van der Waals surface area contributed by atoms with Crippen LogP contribution in [0.4, 0.5) is 0 Å². The quantitative estimate of drug-likeness (QED) is 0.263. The van der Waals surface area contributed by atoms with Crippen molar-refractivity contribution in [3.8, 4) is 0 Å². The van der Waals surface area contributed by atoms with E-state index in [0.717, 1.165) is 31.0 Å². The van der Waals surface area contributed by atoms with Crippen molar-refractivity contribution in [3.05, 3.63) is 0 Å². The molecule has 0 aliphatic rings. The van der Waals surface area contributed by atoms with Gasteiger partial charge in [0.2, 0.25) is 0 Å². The third-order valence-corrected chi connectivity index (χ3v) is 8.57. The number of carbonyl (C=O) groups is 1. The molecule has 0 rings (SSSR count). The predicted molar refractivity (Wildman–Crippen MR) is 80.6 cm³/mol. The fourth-order valence-electron chi connectivity index (χ4n) is 1.80. The molecule has 0 aromatic rings. The van der Waals surface area contributed by atoms with Gasteiger partial charge in [-0.1, -0.05) is 49.8 Å².